The smallest absolute Gasteiger partial charge is 0.344 e. The molecule has 0 aliphatic carbocycles. The van der Waals surface area contributed by atoms with E-state index in [0.29, 0.717) is 12.4 Å². The van der Waals surface area contributed by atoms with Crippen LogP contribution in [-0.4, -0.2) is 29.9 Å². The van der Waals surface area contributed by atoms with Gasteiger partial charge in [-0.25, -0.2) is 4.79 Å². The molecule has 0 atom stereocenters. The molecule has 0 aliphatic heterocycles. The number of hydrogen-bond acceptors (Lipinski definition) is 6. The Kier molecular flexibility index (Phi) is 7.70. The number of benzene rings is 2. The van der Waals surface area contributed by atoms with Gasteiger partial charge in [-0.15, -0.1) is 11.8 Å². The molecule has 0 fully saturated rings. The lowest BCUT2D eigenvalue weighted by atomic mass is 10.0. The molecule has 0 spiro atoms. The Labute approximate surface area is 203 Å². The van der Waals surface area contributed by atoms with Crippen LogP contribution < -0.4 is 4.74 Å². The van der Waals surface area contributed by atoms with Crippen LogP contribution in [-0.2, 0) is 9.53 Å². The first kappa shape index (κ1) is 23.6. The van der Waals surface area contributed by atoms with Crippen LogP contribution in [0.5, 0.6) is 5.75 Å². The number of nitrogens with zero attached hydrogens (tertiary/aromatic N) is 1. The molecule has 4 aromatic rings. The number of fused-ring (bicyclic) bond motifs is 1. The van der Waals surface area contributed by atoms with Crippen LogP contribution in [0.2, 0.25) is 0 Å². The van der Waals surface area contributed by atoms with Gasteiger partial charge in [0.15, 0.2) is 6.61 Å². The minimum Gasteiger partial charge on any atom is -0.482 e. The van der Waals surface area contributed by atoms with Crippen molar-refractivity contribution in [2.45, 2.75) is 25.7 Å². The number of para-hydroxylation sites is 1. The van der Waals surface area contributed by atoms with E-state index in [2.05, 4.69) is 29.3 Å². The van der Waals surface area contributed by atoms with Crippen molar-refractivity contribution in [2.75, 3.05) is 19.0 Å². The zero-order chi connectivity index (χ0) is 23.9. The summed E-state index contributed by atoms with van der Waals surface area (Å²) in [5.74, 6) is 2.77. The minimum absolute atomic E-state index is 0.0877. The summed E-state index contributed by atoms with van der Waals surface area (Å²) >= 11 is 1.72. The van der Waals surface area contributed by atoms with Crippen molar-refractivity contribution in [1.82, 2.24) is 4.98 Å². The van der Waals surface area contributed by atoms with E-state index in [-0.39, 0.29) is 12.6 Å². The molecule has 2 aromatic carbocycles. The zero-order valence-electron chi connectivity index (χ0n) is 19.5. The fourth-order valence-electron chi connectivity index (χ4n) is 3.59. The average Bonchev–Trinajstić information content (AvgIpc) is 3.27. The lowest BCUT2D eigenvalue weighted by Gasteiger charge is -2.10. The van der Waals surface area contributed by atoms with Crippen LogP contribution in [0.25, 0.3) is 16.5 Å². The van der Waals surface area contributed by atoms with Gasteiger partial charge in [-0.05, 0) is 68.8 Å². The summed E-state index contributed by atoms with van der Waals surface area (Å²) in [6, 6.07) is 20.2. The number of carbonyl (C=O) groups is 1. The number of furan rings is 1. The molecular weight excluding hydrogens is 446 g/mol. The second-order valence-electron chi connectivity index (χ2n) is 7.78. The molecule has 174 valence electrons. The first-order valence-corrected chi connectivity index (χ1v) is 12.2. The number of carbonyl (C=O) groups excluding carboxylic acids is 1. The van der Waals surface area contributed by atoms with Crippen molar-refractivity contribution >= 4 is 34.2 Å². The number of thioether (sulfide) groups is 1. The number of rotatable bonds is 9. The molecule has 0 unspecified atom stereocenters. The van der Waals surface area contributed by atoms with Crippen LogP contribution in [0.15, 0.2) is 82.2 Å². The molecule has 5 nitrogen and oxygen atoms in total. The second-order valence-corrected chi connectivity index (χ2v) is 8.87. The third kappa shape index (κ3) is 5.88. The van der Waals surface area contributed by atoms with Crippen molar-refractivity contribution in [3.63, 3.8) is 0 Å². The average molecular weight is 474 g/mol. The van der Waals surface area contributed by atoms with Gasteiger partial charge in [0.25, 0.3) is 0 Å². The lowest BCUT2D eigenvalue weighted by molar-refractivity contribution is -0.145. The summed E-state index contributed by atoms with van der Waals surface area (Å²) in [6.45, 7) is 5.95. The number of ether oxygens (including phenoxy) is 2. The molecule has 2 heterocycles. The SMILES string of the molecule is CCOC(=O)COc1ccc(SC/C=C(/c2cnc3ccccc3c2)c2ccc(C)o2)cc1C. The van der Waals surface area contributed by atoms with Crippen LogP contribution in [0, 0.1) is 13.8 Å². The molecule has 0 bridgehead atoms. The van der Waals surface area contributed by atoms with Gasteiger partial charge in [0, 0.05) is 33.4 Å². The third-order valence-corrected chi connectivity index (χ3v) is 6.16. The highest BCUT2D eigenvalue weighted by atomic mass is 32.2. The Morgan fingerprint density at radius 3 is 2.71 bits per heavy atom. The Morgan fingerprint density at radius 2 is 1.94 bits per heavy atom. The van der Waals surface area contributed by atoms with Gasteiger partial charge in [-0.3, -0.25) is 4.98 Å². The van der Waals surface area contributed by atoms with Crippen LogP contribution in [0.4, 0.5) is 0 Å². The van der Waals surface area contributed by atoms with Gasteiger partial charge in [0.1, 0.15) is 17.3 Å². The van der Waals surface area contributed by atoms with E-state index in [9.17, 15) is 4.79 Å². The molecule has 0 amide bonds. The summed E-state index contributed by atoms with van der Waals surface area (Å²) in [5.41, 5.74) is 3.98. The fraction of sp³-hybridized carbons (Fsp3) is 0.214. The Morgan fingerprint density at radius 1 is 1.09 bits per heavy atom. The molecule has 34 heavy (non-hydrogen) atoms. The largest absolute Gasteiger partial charge is 0.482 e. The third-order valence-electron chi connectivity index (χ3n) is 5.24. The highest BCUT2D eigenvalue weighted by Crippen LogP contribution is 2.30. The van der Waals surface area contributed by atoms with Crippen molar-refractivity contribution in [1.29, 1.82) is 0 Å². The molecule has 6 heteroatoms. The van der Waals surface area contributed by atoms with E-state index in [1.54, 1.807) is 18.7 Å². The number of hydrogen-bond donors (Lipinski definition) is 0. The Bertz CT molecular complexity index is 1320. The molecule has 0 saturated heterocycles. The van der Waals surface area contributed by atoms with Crippen LogP contribution in [0.3, 0.4) is 0 Å². The summed E-state index contributed by atoms with van der Waals surface area (Å²) in [4.78, 5) is 17.3. The molecule has 0 saturated carbocycles. The van der Waals surface area contributed by atoms with Gasteiger partial charge in [-0.1, -0.05) is 24.3 Å². The summed E-state index contributed by atoms with van der Waals surface area (Å²) in [5, 5.41) is 1.09. The zero-order valence-corrected chi connectivity index (χ0v) is 20.4. The van der Waals surface area contributed by atoms with E-state index in [4.69, 9.17) is 13.9 Å². The van der Waals surface area contributed by atoms with Crippen molar-refractivity contribution in [3.8, 4) is 5.75 Å². The molecule has 0 radical (unpaired) electrons. The van der Waals surface area contributed by atoms with E-state index in [1.165, 1.54) is 0 Å². The number of pyridine rings is 1. The first-order chi connectivity index (χ1) is 16.5. The number of aryl methyl sites for hydroxylation is 2. The predicted octanol–water partition coefficient (Wildman–Crippen LogP) is 6.61. The quantitative estimate of drug-likeness (QED) is 0.201. The summed E-state index contributed by atoms with van der Waals surface area (Å²) < 4.78 is 16.5. The van der Waals surface area contributed by atoms with Gasteiger partial charge in [0.05, 0.1) is 12.1 Å². The van der Waals surface area contributed by atoms with Crippen molar-refractivity contribution in [3.05, 3.63) is 95.6 Å². The highest BCUT2D eigenvalue weighted by Gasteiger charge is 2.11. The maximum absolute atomic E-state index is 11.5. The Balaban J connectivity index is 1.50. The van der Waals surface area contributed by atoms with E-state index in [0.717, 1.165) is 49.8 Å². The van der Waals surface area contributed by atoms with Gasteiger partial charge >= 0.3 is 5.97 Å². The summed E-state index contributed by atoms with van der Waals surface area (Å²) in [6.07, 6.45) is 4.08. The van der Waals surface area contributed by atoms with E-state index < -0.39 is 0 Å². The minimum atomic E-state index is -0.366. The van der Waals surface area contributed by atoms with Crippen molar-refractivity contribution in [2.24, 2.45) is 0 Å². The maximum Gasteiger partial charge on any atom is 0.344 e. The van der Waals surface area contributed by atoms with Crippen LogP contribution in [0.1, 0.15) is 29.6 Å². The van der Waals surface area contributed by atoms with E-state index in [1.807, 2.05) is 62.5 Å². The molecular formula is C28H27NO4S. The fourth-order valence-corrected chi connectivity index (χ4v) is 4.46. The molecule has 0 N–H and O–H groups in total. The van der Waals surface area contributed by atoms with Gasteiger partial charge in [0.2, 0.25) is 0 Å². The van der Waals surface area contributed by atoms with Crippen LogP contribution >= 0.6 is 11.8 Å². The first-order valence-electron chi connectivity index (χ1n) is 11.2. The number of aromatic nitrogens is 1. The van der Waals surface area contributed by atoms with Gasteiger partial charge < -0.3 is 13.9 Å². The Hall–Kier alpha value is -3.51. The molecule has 4 rings (SSSR count). The number of esters is 1. The van der Waals surface area contributed by atoms with Crippen molar-refractivity contribution < 1.29 is 18.7 Å². The van der Waals surface area contributed by atoms with Gasteiger partial charge in [-0.2, -0.15) is 0 Å². The second kappa shape index (κ2) is 11.1. The molecule has 0 aliphatic rings. The monoisotopic (exact) mass is 473 g/mol. The summed E-state index contributed by atoms with van der Waals surface area (Å²) in [7, 11) is 0. The normalized spacial score (nSPS) is 11.6. The molecule has 2 aromatic heterocycles. The predicted molar refractivity (Wildman–Crippen MR) is 136 cm³/mol. The maximum atomic E-state index is 11.5. The van der Waals surface area contributed by atoms with E-state index >= 15 is 0 Å². The topological polar surface area (TPSA) is 61.6 Å². The standard InChI is InChI=1S/C28H27NO4S/c1-4-31-28(30)18-32-26-12-10-23(15-19(26)2)34-14-13-24(27-11-9-20(3)33-27)22-16-21-7-5-6-8-25(21)29-17-22/h5-13,15-17H,4,14,18H2,1-3H3/b24-13-. The lowest BCUT2D eigenvalue weighted by Crippen LogP contribution is -2.14. The highest BCUT2D eigenvalue weighted by molar-refractivity contribution is 7.99.